The van der Waals surface area contributed by atoms with E-state index in [1.165, 1.54) is 10.9 Å². The zero-order valence-corrected chi connectivity index (χ0v) is 28.3. The van der Waals surface area contributed by atoms with Gasteiger partial charge >= 0.3 is 0 Å². The van der Waals surface area contributed by atoms with Crippen LogP contribution in [0.3, 0.4) is 0 Å². The van der Waals surface area contributed by atoms with Crippen LogP contribution in [0.4, 0.5) is 11.4 Å². The van der Waals surface area contributed by atoms with Crippen molar-refractivity contribution in [3.63, 3.8) is 0 Å². The molecule has 8 rings (SSSR count). The summed E-state index contributed by atoms with van der Waals surface area (Å²) in [7, 11) is 0. The second-order valence-corrected chi connectivity index (χ2v) is 12.6. The normalized spacial score (nSPS) is 12.1. The molecule has 0 aliphatic carbocycles. The van der Waals surface area contributed by atoms with E-state index in [9.17, 15) is 0 Å². The molecule has 0 N–H and O–H groups in total. The van der Waals surface area contributed by atoms with Crippen molar-refractivity contribution in [3.8, 4) is 16.8 Å². The van der Waals surface area contributed by atoms with Gasteiger partial charge in [0.25, 0.3) is 0 Å². The number of hydrogen-bond acceptors (Lipinski definition) is 2. The summed E-state index contributed by atoms with van der Waals surface area (Å²) in [6, 6.07) is 54.6. The van der Waals surface area contributed by atoms with Crippen LogP contribution in [0.15, 0.2) is 181 Å². The van der Waals surface area contributed by atoms with Crippen molar-refractivity contribution < 1.29 is 4.42 Å². The summed E-state index contributed by atoms with van der Waals surface area (Å²) >= 11 is 0. The van der Waals surface area contributed by atoms with E-state index >= 15 is 0 Å². The summed E-state index contributed by atoms with van der Waals surface area (Å²) < 4.78 is 8.75. The molecule has 2 aromatic heterocycles. The maximum absolute atomic E-state index is 6.44. The minimum Gasteiger partial charge on any atom is -0.456 e. The van der Waals surface area contributed by atoms with Crippen LogP contribution in [0.25, 0.3) is 69.5 Å². The van der Waals surface area contributed by atoms with Gasteiger partial charge in [-0.3, -0.25) is 0 Å². The standard InChI is InChI=1S/C48H36N2O/c1-33(39-26-29-46-44(32-39)43-22-14-15-23-45(43)50(46)41-20-12-7-13-21-41)30-47-35(3)36(4)48(51-47)31-34(2)49(40-18-10-6-11-19-40)42-27-24-38(25-28-42)37-16-8-5-9-17-37/h5-32H,1-4H2/b47-30+,48-31+. The van der Waals surface area contributed by atoms with Crippen molar-refractivity contribution in [2.45, 2.75) is 0 Å². The number of fused-ring (bicyclic) bond motifs is 3. The Labute approximate surface area is 297 Å². The van der Waals surface area contributed by atoms with Crippen LogP contribution in [0.5, 0.6) is 0 Å². The highest BCUT2D eigenvalue weighted by Gasteiger charge is 2.14. The molecule has 3 heteroatoms. The molecular formula is C48H36N2O. The topological polar surface area (TPSA) is 21.3 Å². The first-order chi connectivity index (χ1) is 25.0. The largest absolute Gasteiger partial charge is 0.456 e. The van der Waals surface area contributed by atoms with Crippen molar-refractivity contribution in [3.05, 3.63) is 203 Å². The van der Waals surface area contributed by atoms with E-state index < -0.39 is 0 Å². The fourth-order valence-electron chi connectivity index (χ4n) is 6.75. The lowest BCUT2D eigenvalue weighted by Gasteiger charge is -2.25. The van der Waals surface area contributed by atoms with Crippen LogP contribution in [-0.2, 0) is 0 Å². The number of rotatable bonds is 8. The summed E-state index contributed by atoms with van der Waals surface area (Å²) in [6.45, 7) is 17.6. The molecule has 0 amide bonds. The predicted octanol–water partition coefficient (Wildman–Crippen LogP) is 9.49. The lowest BCUT2D eigenvalue weighted by molar-refractivity contribution is 0.498. The predicted molar refractivity (Wildman–Crippen MR) is 217 cm³/mol. The van der Waals surface area contributed by atoms with E-state index in [0.717, 1.165) is 61.1 Å². The van der Waals surface area contributed by atoms with Gasteiger partial charge in [-0.05, 0) is 82.9 Å². The van der Waals surface area contributed by atoms with E-state index in [1.54, 1.807) is 0 Å². The Morgan fingerprint density at radius 2 is 1.08 bits per heavy atom. The maximum Gasteiger partial charge on any atom is 0.136 e. The lowest BCUT2D eigenvalue weighted by Crippen LogP contribution is -2.35. The van der Waals surface area contributed by atoms with Crippen molar-refractivity contribution >= 4 is 64.1 Å². The molecule has 0 saturated carbocycles. The molecule has 8 aromatic rings. The number of aromatic nitrogens is 1. The average molecular weight is 657 g/mol. The maximum atomic E-state index is 6.44. The van der Waals surface area contributed by atoms with Crippen LogP contribution < -0.4 is 26.2 Å². The molecule has 0 aliphatic heterocycles. The highest BCUT2D eigenvalue weighted by molar-refractivity contribution is 6.10. The highest BCUT2D eigenvalue weighted by Crippen LogP contribution is 2.34. The fraction of sp³-hybridized carbons (Fsp3) is 0. The molecule has 244 valence electrons. The Balaban J connectivity index is 1.15. The first-order valence-corrected chi connectivity index (χ1v) is 16.9. The number of furan rings is 1. The number of anilines is 2. The molecule has 51 heavy (non-hydrogen) atoms. The van der Waals surface area contributed by atoms with E-state index in [0.29, 0.717) is 16.0 Å². The van der Waals surface area contributed by atoms with Gasteiger partial charge in [0.05, 0.1) is 11.0 Å². The molecule has 0 aliphatic rings. The zero-order valence-electron chi connectivity index (χ0n) is 28.3. The molecule has 0 saturated heterocycles. The fourth-order valence-corrected chi connectivity index (χ4v) is 6.75. The monoisotopic (exact) mass is 656 g/mol. The van der Waals surface area contributed by atoms with Crippen LogP contribution in [-0.4, -0.2) is 4.57 Å². The highest BCUT2D eigenvalue weighted by atomic mass is 16.3. The van der Waals surface area contributed by atoms with Crippen molar-refractivity contribution in [1.29, 1.82) is 0 Å². The number of hydrogen-bond donors (Lipinski definition) is 0. The molecule has 0 bridgehead atoms. The van der Waals surface area contributed by atoms with Crippen LogP contribution in [0, 0.1) is 0 Å². The number of para-hydroxylation sites is 3. The summed E-state index contributed by atoms with van der Waals surface area (Å²) in [5, 5.41) is 3.78. The third-order valence-electron chi connectivity index (χ3n) is 9.37. The van der Waals surface area contributed by atoms with Gasteiger partial charge in [-0.25, -0.2) is 0 Å². The van der Waals surface area contributed by atoms with Crippen molar-refractivity contribution in [2.75, 3.05) is 4.90 Å². The van der Waals surface area contributed by atoms with Gasteiger partial charge in [-0.2, -0.15) is 0 Å². The summed E-state index contributed by atoms with van der Waals surface area (Å²) in [4.78, 5) is 2.11. The van der Waals surface area contributed by atoms with Gasteiger partial charge in [0.1, 0.15) is 10.8 Å². The van der Waals surface area contributed by atoms with Crippen molar-refractivity contribution in [1.82, 2.24) is 4.57 Å². The Kier molecular flexibility index (Phi) is 8.15. The van der Waals surface area contributed by atoms with Gasteiger partial charge in [0.2, 0.25) is 0 Å². The van der Waals surface area contributed by atoms with Crippen LogP contribution in [0.1, 0.15) is 5.56 Å². The Bertz CT molecular complexity index is 2790. The Morgan fingerprint density at radius 1 is 0.529 bits per heavy atom. The molecule has 0 fully saturated rings. The third kappa shape index (κ3) is 5.92. The second kappa shape index (κ2) is 13.2. The smallest absolute Gasteiger partial charge is 0.136 e. The molecule has 0 spiro atoms. The van der Waals surface area contributed by atoms with Crippen molar-refractivity contribution in [2.24, 2.45) is 0 Å². The molecule has 6 aromatic carbocycles. The van der Waals surface area contributed by atoms with Gasteiger partial charge in [0, 0.05) is 50.0 Å². The third-order valence-corrected chi connectivity index (χ3v) is 9.37. The zero-order chi connectivity index (χ0) is 34.9. The van der Waals surface area contributed by atoms with Gasteiger partial charge in [0.15, 0.2) is 0 Å². The average Bonchev–Trinajstić information content (AvgIpc) is 3.65. The summed E-state index contributed by atoms with van der Waals surface area (Å²) in [6.07, 6.45) is 3.88. The van der Waals surface area contributed by atoms with Gasteiger partial charge in [-0.15, -0.1) is 0 Å². The van der Waals surface area contributed by atoms with Gasteiger partial charge in [-0.1, -0.05) is 129 Å². The number of allylic oxidation sites excluding steroid dienone is 2. The Hall–Kier alpha value is -6.84. The second-order valence-electron chi connectivity index (χ2n) is 12.6. The molecular weight excluding hydrogens is 621 g/mol. The molecule has 0 radical (unpaired) electrons. The Morgan fingerprint density at radius 3 is 1.78 bits per heavy atom. The first kappa shape index (κ1) is 31.4. The van der Waals surface area contributed by atoms with Crippen LogP contribution >= 0.6 is 0 Å². The first-order valence-electron chi connectivity index (χ1n) is 16.9. The summed E-state index contributed by atoms with van der Waals surface area (Å²) in [5.74, 6) is 0. The van der Waals surface area contributed by atoms with E-state index in [2.05, 4.69) is 163 Å². The molecule has 2 heterocycles. The number of nitrogens with zero attached hydrogens (tertiary/aromatic N) is 2. The van der Waals surface area contributed by atoms with Gasteiger partial charge < -0.3 is 13.9 Å². The van der Waals surface area contributed by atoms with E-state index in [4.69, 9.17) is 4.42 Å². The lowest BCUT2D eigenvalue weighted by atomic mass is 10.0. The minimum atomic E-state index is 0.604. The minimum absolute atomic E-state index is 0.604. The van der Waals surface area contributed by atoms with E-state index in [1.807, 2.05) is 42.5 Å². The molecule has 3 nitrogen and oxygen atoms in total. The SMILES string of the molecule is C=C(/C=c1/o/c(=C/C(=C)N(c2ccccc2)c2ccc(-c3ccccc3)cc2)c(=C)c1=C)c1ccc2c(c1)c1ccccc1n2-c1ccccc1. The molecule has 0 atom stereocenters. The van der Waals surface area contributed by atoms with Crippen LogP contribution in [0.2, 0.25) is 0 Å². The molecule has 0 unspecified atom stereocenters. The number of benzene rings is 6. The van der Waals surface area contributed by atoms with E-state index in [-0.39, 0.29) is 0 Å². The summed E-state index contributed by atoms with van der Waals surface area (Å²) in [5.41, 5.74) is 11.5. The quantitative estimate of drug-likeness (QED) is 0.163.